The van der Waals surface area contributed by atoms with Crippen molar-refractivity contribution in [1.82, 2.24) is 0 Å². The van der Waals surface area contributed by atoms with Crippen LogP contribution in [0.2, 0.25) is 0 Å². The molecular weight excluding hydrogens is 206 g/mol. The van der Waals surface area contributed by atoms with Gasteiger partial charge >= 0.3 is 0 Å². The smallest absolute Gasteiger partial charge is 0.231 e. The number of hydrogen-bond donors (Lipinski definition) is 2. The first-order valence-corrected chi connectivity index (χ1v) is 5.59. The van der Waals surface area contributed by atoms with Gasteiger partial charge in [0.05, 0.1) is 12.1 Å². The van der Waals surface area contributed by atoms with E-state index in [0.717, 1.165) is 24.2 Å². The predicted molar refractivity (Wildman–Crippen MR) is 58.2 cm³/mol. The molecule has 4 heteroatoms. The van der Waals surface area contributed by atoms with Gasteiger partial charge in [0.1, 0.15) is 0 Å². The zero-order chi connectivity index (χ0) is 11.1. The van der Waals surface area contributed by atoms with Crippen LogP contribution in [0.25, 0.3) is 0 Å². The monoisotopic (exact) mass is 221 g/mol. The molecule has 1 saturated carbocycles. The van der Waals surface area contributed by atoms with E-state index in [9.17, 15) is 5.11 Å². The van der Waals surface area contributed by atoms with E-state index < -0.39 is 6.10 Å². The normalized spacial score (nSPS) is 21.9. The summed E-state index contributed by atoms with van der Waals surface area (Å²) in [6, 6.07) is 5.23. The Hall–Kier alpha value is -1.26. The van der Waals surface area contributed by atoms with Gasteiger partial charge < -0.3 is 20.3 Å². The van der Waals surface area contributed by atoms with Crippen LogP contribution in [-0.4, -0.2) is 18.0 Å². The summed E-state index contributed by atoms with van der Waals surface area (Å²) >= 11 is 0. The van der Waals surface area contributed by atoms with Crippen molar-refractivity contribution in [3.63, 3.8) is 0 Å². The highest BCUT2D eigenvalue weighted by Crippen LogP contribution is 2.42. The zero-order valence-corrected chi connectivity index (χ0v) is 8.93. The van der Waals surface area contributed by atoms with Crippen molar-refractivity contribution in [2.24, 2.45) is 11.7 Å². The summed E-state index contributed by atoms with van der Waals surface area (Å²) in [7, 11) is 0. The highest BCUT2D eigenvalue weighted by atomic mass is 16.7. The van der Waals surface area contributed by atoms with Crippen LogP contribution in [0.5, 0.6) is 11.5 Å². The predicted octanol–water partition coefficient (Wildman–Crippen LogP) is 1.19. The minimum absolute atomic E-state index is 0.235. The molecule has 1 aliphatic carbocycles. The molecule has 0 aromatic heterocycles. The van der Waals surface area contributed by atoms with Crippen LogP contribution in [-0.2, 0) is 0 Å². The van der Waals surface area contributed by atoms with Crippen LogP contribution in [0.3, 0.4) is 0 Å². The second-order valence-corrected chi connectivity index (χ2v) is 4.43. The topological polar surface area (TPSA) is 64.7 Å². The van der Waals surface area contributed by atoms with Crippen molar-refractivity contribution in [2.75, 3.05) is 6.79 Å². The van der Waals surface area contributed by atoms with Gasteiger partial charge in [-0.2, -0.15) is 0 Å². The molecule has 2 aliphatic rings. The first-order chi connectivity index (χ1) is 7.77. The molecule has 86 valence electrons. The molecule has 3 rings (SSSR count). The van der Waals surface area contributed by atoms with Gasteiger partial charge in [0.2, 0.25) is 6.79 Å². The lowest BCUT2D eigenvalue weighted by molar-refractivity contribution is 0.120. The number of aliphatic hydroxyl groups excluding tert-OH is 1. The summed E-state index contributed by atoms with van der Waals surface area (Å²) in [4.78, 5) is 0. The summed E-state index contributed by atoms with van der Waals surface area (Å²) in [6.45, 7) is 0.235. The van der Waals surface area contributed by atoms with Crippen LogP contribution in [0, 0.1) is 5.92 Å². The van der Waals surface area contributed by atoms with Crippen molar-refractivity contribution < 1.29 is 14.6 Å². The third-order valence-corrected chi connectivity index (χ3v) is 3.26. The van der Waals surface area contributed by atoms with Crippen LogP contribution >= 0.6 is 0 Å². The summed E-state index contributed by atoms with van der Waals surface area (Å²) in [5.41, 5.74) is 6.91. The third-order valence-electron chi connectivity index (χ3n) is 3.26. The molecule has 16 heavy (non-hydrogen) atoms. The number of hydrogen-bond acceptors (Lipinski definition) is 4. The molecule has 1 aromatic rings. The molecule has 0 saturated heterocycles. The lowest BCUT2D eigenvalue weighted by Gasteiger charge is -2.19. The highest BCUT2D eigenvalue weighted by molar-refractivity contribution is 5.49. The molecule has 2 atom stereocenters. The van der Waals surface area contributed by atoms with Crippen molar-refractivity contribution >= 4 is 0 Å². The first kappa shape index (κ1) is 9.93. The van der Waals surface area contributed by atoms with Gasteiger partial charge in [-0.15, -0.1) is 0 Å². The summed E-state index contributed by atoms with van der Waals surface area (Å²) in [5.74, 6) is 1.76. The number of nitrogens with two attached hydrogens (primary N) is 1. The molecule has 3 N–H and O–H groups in total. The highest BCUT2D eigenvalue weighted by Gasteiger charge is 2.36. The molecular formula is C12H15NO3. The lowest BCUT2D eigenvalue weighted by Crippen LogP contribution is -2.28. The van der Waals surface area contributed by atoms with Crippen molar-refractivity contribution in [3.05, 3.63) is 23.8 Å². The molecule has 0 unspecified atom stereocenters. The Bertz CT molecular complexity index is 403. The van der Waals surface area contributed by atoms with Crippen molar-refractivity contribution in [2.45, 2.75) is 25.0 Å². The van der Waals surface area contributed by atoms with Crippen molar-refractivity contribution in [3.8, 4) is 11.5 Å². The maximum absolute atomic E-state index is 10.0. The second kappa shape index (κ2) is 3.64. The van der Waals surface area contributed by atoms with Gasteiger partial charge in [-0.05, 0) is 24.8 Å². The van der Waals surface area contributed by atoms with Gasteiger partial charge in [0.15, 0.2) is 11.5 Å². The van der Waals surface area contributed by atoms with Gasteiger partial charge in [0, 0.05) is 5.56 Å². The average Bonchev–Trinajstić information content (AvgIpc) is 3.04. The van der Waals surface area contributed by atoms with Crippen LogP contribution in [0.1, 0.15) is 24.4 Å². The van der Waals surface area contributed by atoms with Gasteiger partial charge in [-0.25, -0.2) is 0 Å². The first-order valence-electron chi connectivity index (χ1n) is 5.59. The summed E-state index contributed by atoms with van der Waals surface area (Å²) < 4.78 is 10.7. The Labute approximate surface area is 94.0 Å². The van der Waals surface area contributed by atoms with Gasteiger partial charge in [-0.3, -0.25) is 0 Å². The van der Waals surface area contributed by atoms with Crippen LogP contribution in [0.15, 0.2) is 18.2 Å². The Morgan fingerprint density at radius 2 is 2.12 bits per heavy atom. The third kappa shape index (κ3) is 1.54. The second-order valence-electron chi connectivity index (χ2n) is 4.43. The number of aliphatic hydroxyl groups is 1. The summed E-state index contributed by atoms with van der Waals surface area (Å²) in [6.07, 6.45) is 1.67. The fourth-order valence-corrected chi connectivity index (χ4v) is 2.13. The Morgan fingerprint density at radius 1 is 1.31 bits per heavy atom. The SMILES string of the molecule is N[C@H](c1cccc2c1OCO2)[C@@H](O)C1CC1. The minimum atomic E-state index is -0.476. The van der Waals surface area contributed by atoms with E-state index in [1.165, 1.54) is 0 Å². The van der Waals surface area contributed by atoms with E-state index in [1.807, 2.05) is 18.2 Å². The number of fused-ring (bicyclic) bond motifs is 1. The zero-order valence-electron chi connectivity index (χ0n) is 8.93. The molecule has 0 amide bonds. The molecule has 1 aliphatic heterocycles. The van der Waals surface area contributed by atoms with E-state index in [1.54, 1.807) is 0 Å². The molecule has 1 heterocycles. The maximum Gasteiger partial charge on any atom is 0.231 e. The van der Waals surface area contributed by atoms with E-state index >= 15 is 0 Å². The Kier molecular flexibility index (Phi) is 2.26. The average molecular weight is 221 g/mol. The fraction of sp³-hybridized carbons (Fsp3) is 0.500. The number of benzene rings is 1. The van der Waals surface area contributed by atoms with E-state index in [4.69, 9.17) is 15.2 Å². The largest absolute Gasteiger partial charge is 0.454 e. The fourth-order valence-electron chi connectivity index (χ4n) is 2.13. The maximum atomic E-state index is 10.0. The summed E-state index contributed by atoms with van der Waals surface area (Å²) in [5, 5.41) is 10.0. The molecule has 0 spiro atoms. The molecule has 4 nitrogen and oxygen atoms in total. The standard InChI is InChI=1S/C12H15NO3/c13-10(11(14)7-4-5-7)8-2-1-3-9-12(8)16-6-15-9/h1-3,7,10-11,14H,4-6,13H2/t10-,11+/m1/s1. The Balaban J connectivity index is 1.90. The molecule has 1 aromatic carbocycles. The van der Waals surface area contributed by atoms with Crippen molar-refractivity contribution in [1.29, 1.82) is 0 Å². The van der Waals surface area contributed by atoms with Crippen LogP contribution < -0.4 is 15.2 Å². The molecule has 0 bridgehead atoms. The van der Waals surface area contributed by atoms with Crippen LogP contribution in [0.4, 0.5) is 0 Å². The van der Waals surface area contributed by atoms with E-state index in [-0.39, 0.29) is 12.8 Å². The van der Waals surface area contributed by atoms with E-state index in [2.05, 4.69) is 0 Å². The van der Waals surface area contributed by atoms with Gasteiger partial charge in [0.25, 0.3) is 0 Å². The number of ether oxygens (including phenoxy) is 2. The lowest BCUT2D eigenvalue weighted by atomic mass is 9.98. The quantitative estimate of drug-likeness (QED) is 0.804. The van der Waals surface area contributed by atoms with Gasteiger partial charge in [-0.1, -0.05) is 12.1 Å². The molecule has 0 radical (unpaired) electrons. The number of rotatable bonds is 3. The Morgan fingerprint density at radius 3 is 2.88 bits per heavy atom. The number of para-hydroxylation sites is 1. The minimum Gasteiger partial charge on any atom is -0.454 e. The van der Waals surface area contributed by atoms with E-state index in [0.29, 0.717) is 11.7 Å². The molecule has 1 fully saturated rings.